The summed E-state index contributed by atoms with van der Waals surface area (Å²) in [5, 5.41) is 5.48. The van der Waals surface area contributed by atoms with Crippen molar-refractivity contribution in [3.8, 4) is 0 Å². The molecule has 1 aliphatic rings. The van der Waals surface area contributed by atoms with Crippen molar-refractivity contribution in [1.29, 1.82) is 0 Å². The van der Waals surface area contributed by atoms with E-state index in [1.165, 1.54) is 12.1 Å². The lowest BCUT2D eigenvalue weighted by Gasteiger charge is -2.17. The number of carbonyl (C=O) groups excluding carboxylic acids is 2. The van der Waals surface area contributed by atoms with E-state index in [2.05, 4.69) is 10.6 Å². The molecular weight excluding hydrogens is 289 g/mol. The van der Waals surface area contributed by atoms with Crippen LogP contribution in [0.4, 0.5) is 14.9 Å². The minimum Gasteiger partial charge on any atom is -0.385 e. The van der Waals surface area contributed by atoms with Crippen molar-refractivity contribution in [2.75, 3.05) is 31.7 Å². The first-order valence-electron chi connectivity index (χ1n) is 7.19. The summed E-state index contributed by atoms with van der Waals surface area (Å²) < 4.78 is 17.8. The van der Waals surface area contributed by atoms with Crippen LogP contribution in [0.5, 0.6) is 0 Å². The van der Waals surface area contributed by atoms with Gasteiger partial charge in [0.05, 0.1) is 6.04 Å². The van der Waals surface area contributed by atoms with Crippen molar-refractivity contribution in [2.24, 2.45) is 0 Å². The third-order valence-corrected chi connectivity index (χ3v) is 3.41. The summed E-state index contributed by atoms with van der Waals surface area (Å²) in [4.78, 5) is 25.3. The fourth-order valence-corrected chi connectivity index (χ4v) is 2.33. The van der Waals surface area contributed by atoms with Crippen LogP contribution < -0.4 is 15.5 Å². The first-order chi connectivity index (χ1) is 10.6. The standard InChI is InChI=1S/C15H20FN3O3/c1-22-8-2-7-17-15(21)18-12-9-14(20)19(10-12)13-5-3-11(16)4-6-13/h3-6,12H,2,7-10H2,1H3,(H2,17,18,21)/t12-/m0/s1. The summed E-state index contributed by atoms with van der Waals surface area (Å²) in [5.41, 5.74) is 0.635. The zero-order chi connectivity index (χ0) is 15.9. The van der Waals surface area contributed by atoms with Crippen LogP contribution in [0.1, 0.15) is 12.8 Å². The van der Waals surface area contributed by atoms with Crippen molar-refractivity contribution in [2.45, 2.75) is 18.9 Å². The minimum atomic E-state index is -0.347. The predicted octanol–water partition coefficient (Wildman–Crippen LogP) is 1.27. The van der Waals surface area contributed by atoms with Crippen molar-refractivity contribution < 1.29 is 18.7 Å². The highest BCUT2D eigenvalue weighted by atomic mass is 19.1. The molecule has 120 valence electrons. The Labute approximate surface area is 128 Å². The zero-order valence-electron chi connectivity index (χ0n) is 12.5. The van der Waals surface area contributed by atoms with Gasteiger partial charge < -0.3 is 20.3 Å². The molecule has 1 aromatic carbocycles. The van der Waals surface area contributed by atoms with Crippen LogP contribution in [0, 0.1) is 5.82 Å². The number of urea groups is 1. The van der Waals surface area contributed by atoms with Gasteiger partial charge >= 0.3 is 6.03 Å². The molecule has 2 N–H and O–H groups in total. The number of carbonyl (C=O) groups is 2. The number of nitrogens with one attached hydrogen (secondary N) is 2. The largest absolute Gasteiger partial charge is 0.385 e. The average molecular weight is 309 g/mol. The molecule has 0 saturated carbocycles. The molecule has 1 fully saturated rings. The normalized spacial score (nSPS) is 17.6. The van der Waals surface area contributed by atoms with E-state index in [1.807, 2.05) is 0 Å². The molecule has 1 aliphatic heterocycles. The van der Waals surface area contributed by atoms with E-state index < -0.39 is 0 Å². The van der Waals surface area contributed by atoms with Crippen LogP contribution in [0.2, 0.25) is 0 Å². The fraction of sp³-hybridized carbons (Fsp3) is 0.467. The number of amides is 3. The number of ether oxygens (including phenoxy) is 1. The maximum absolute atomic E-state index is 12.9. The Hall–Kier alpha value is -2.15. The second-order valence-electron chi connectivity index (χ2n) is 5.13. The van der Waals surface area contributed by atoms with Crippen molar-refractivity contribution in [3.63, 3.8) is 0 Å². The van der Waals surface area contributed by atoms with E-state index >= 15 is 0 Å². The van der Waals surface area contributed by atoms with Gasteiger partial charge in [0.2, 0.25) is 5.91 Å². The molecule has 0 aromatic heterocycles. The highest BCUT2D eigenvalue weighted by molar-refractivity contribution is 5.96. The molecule has 0 radical (unpaired) electrons. The first kappa shape index (κ1) is 16.2. The third kappa shape index (κ3) is 4.42. The van der Waals surface area contributed by atoms with Gasteiger partial charge in [-0.05, 0) is 30.7 Å². The van der Waals surface area contributed by atoms with Crippen molar-refractivity contribution in [1.82, 2.24) is 10.6 Å². The summed E-state index contributed by atoms with van der Waals surface area (Å²) in [6, 6.07) is 5.19. The Bertz CT molecular complexity index is 521. The highest BCUT2D eigenvalue weighted by Gasteiger charge is 2.31. The number of methoxy groups -OCH3 is 1. The number of halogens is 1. The van der Waals surface area contributed by atoms with Gasteiger partial charge in [-0.1, -0.05) is 0 Å². The van der Waals surface area contributed by atoms with E-state index in [1.54, 1.807) is 24.1 Å². The van der Waals surface area contributed by atoms with Gasteiger partial charge in [-0.15, -0.1) is 0 Å². The van der Waals surface area contributed by atoms with Gasteiger partial charge in [-0.25, -0.2) is 9.18 Å². The number of benzene rings is 1. The van der Waals surface area contributed by atoms with Gasteiger partial charge in [-0.2, -0.15) is 0 Å². The summed E-state index contributed by atoms with van der Waals surface area (Å²) in [6.07, 6.45) is 0.970. The smallest absolute Gasteiger partial charge is 0.315 e. The first-order valence-corrected chi connectivity index (χ1v) is 7.19. The minimum absolute atomic E-state index is 0.0868. The molecular formula is C15H20FN3O3. The van der Waals surface area contributed by atoms with E-state index in [-0.39, 0.29) is 30.2 Å². The Morgan fingerprint density at radius 3 is 2.82 bits per heavy atom. The highest BCUT2D eigenvalue weighted by Crippen LogP contribution is 2.21. The van der Waals surface area contributed by atoms with Crippen LogP contribution in [0.3, 0.4) is 0 Å². The average Bonchev–Trinajstić information content (AvgIpc) is 2.85. The molecule has 1 saturated heterocycles. The SMILES string of the molecule is COCCCNC(=O)N[C@H]1CC(=O)N(c2ccc(F)cc2)C1. The molecule has 7 heteroatoms. The van der Waals surface area contributed by atoms with Gasteiger partial charge in [-0.3, -0.25) is 4.79 Å². The van der Waals surface area contributed by atoms with Crippen LogP contribution in [-0.4, -0.2) is 44.8 Å². The number of hydrogen-bond acceptors (Lipinski definition) is 3. The van der Waals surface area contributed by atoms with E-state index in [0.29, 0.717) is 25.4 Å². The topological polar surface area (TPSA) is 70.7 Å². The van der Waals surface area contributed by atoms with E-state index in [4.69, 9.17) is 4.74 Å². The lowest BCUT2D eigenvalue weighted by molar-refractivity contribution is -0.117. The van der Waals surface area contributed by atoms with E-state index in [0.717, 1.165) is 6.42 Å². The Kier molecular flexibility index (Phi) is 5.71. The van der Waals surface area contributed by atoms with Crippen LogP contribution in [-0.2, 0) is 9.53 Å². The lowest BCUT2D eigenvalue weighted by atomic mass is 10.2. The summed E-state index contributed by atoms with van der Waals surface area (Å²) >= 11 is 0. The number of rotatable bonds is 6. The second-order valence-corrected chi connectivity index (χ2v) is 5.13. The lowest BCUT2D eigenvalue weighted by Crippen LogP contribution is -2.43. The Morgan fingerprint density at radius 1 is 1.41 bits per heavy atom. The Balaban J connectivity index is 1.82. The molecule has 1 atom stereocenters. The molecule has 22 heavy (non-hydrogen) atoms. The predicted molar refractivity (Wildman–Crippen MR) is 80.2 cm³/mol. The summed E-state index contributed by atoms with van der Waals surface area (Å²) in [5.74, 6) is -0.434. The maximum atomic E-state index is 12.9. The van der Waals surface area contributed by atoms with Gasteiger partial charge in [0.15, 0.2) is 0 Å². The molecule has 1 aromatic rings. The van der Waals surface area contributed by atoms with Crippen LogP contribution >= 0.6 is 0 Å². The summed E-state index contributed by atoms with van der Waals surface area (Å²) in [7, 11) is 1.61. The molecule has 0 bridgehead atoms. The van der Waals surface area contributed by atoms with Crippen LogP contribution in [0.15, 0.2) is 24.3 Å². The molecule has 0 unspecified atom stereocenters. The van der Waals surface area contributed by atoms with Gasteiger partial charge in [0.25, 0.3) is 0 Å². The fourth-order valence-electron chi connectivity index (χ4n) is 2.33. The van der Waals surface area contributed by atoms with E-state index in [9.17, 15) is 14.0 Å². The van der Waals surface area contributed by atoms with Crippen molar-refractivity contribution in [3.05, 3.63) is 30.1 Å². The monoisotopic (exact) mass is 309 g/mol. The molecule has 1 heterocycles. The third-order valence-electron chi connectivity index (χ3n) is 3.41. The number of anilines is 1. The molecule has 2 rings (SSSR count). The summed E-state index contributed by atoms with van der Waals surface area (Å²) in [6.45, 7) is 1.48. The maximum Gasteiger partial charge on any atom is 0.315 e. The molecule has 0 aliphatic carbocycles. The quantitative estimate of drug-likeness (QED) is 0.777. The molecule has 6 nitrogen and oxygen atoms in total. The number of nitrogens with zero attached hydrogens (tertiary/aromatic N) is 1. The molecule has 3 amide bonds. The zero-order valence-corrected chi connectivity index (χ0v) is 12.5. The van der Waals surface area contributed by atoms with Crippen LogP contribution in [0.25, 0.3) is 0 Å². The Morgan fingerprint density at radius 2 is 2.14 bits per heavy atom. The second kappa shape index (κ2) is 7.74. The number of hydrogen-bond donors (Lipinski definition) is 2. The van der Waals surface area contributed by atoms with Gasteiger partial charge in [0.1, 0.15) is 5.82 Å². The molecule has 0 spiro atoms. The van der Waals surface area contributed by atoms with Gasteiger partial charge in [0, 0.05) is 38.9 Å². The van der Waals surface area contributed by atoms with Crippen molar-refractivity contribution >= 4 is 17.6 Å².